The van der Waals surface area contributed by atoms with Crippen LogP contribution in [0.5, 0.6) is 0 Å². The lowest BCUT2D eigenvalue weighted by Crippen LogP contribution is -2.42. The maximum absolute atomic E-state index is 10.7. The number of carbonyl (C=O) groups is 1. The minimum Gasteiger partial charge on any atom is -0.465 e. The highest BCUT2D eigenvalue weighted by Gasteiger charge is 2.39. The third-order valence-corrected chi connectivity index (χ3v) is 5.07. The SMILES string of the molecule is C/C(=C\c1ccccc1)[C@H]1C[C@@H]1NC1CCC(NC(=O)O)CC1.Cl. The second-order valence-electron chi connectivity index (χ2n) is 6.91. The Kier molecular flexibility index (Phi) is 6.69. The van der Waals surface area contributed by atoms with E-state index in [-0.39, 0.29) is 18.4 Å². The van der Waals surface area contributed by atoms with E-state index in [9.17, 15) is 4.79 Å². The van der Waals surface area contributed by atoms with Gasteiger partial charge in [0.25, 0.3) is 0 Å². The molecule has 1 aromatic rings. The molecule has 0 bridgehead atoms. The number of amides is 1. The quantitative estimate of drug-likeness (QED) is 0.750. The number of hydrogen-bond donors (Lipinski definition) is 3. The highest BCUT2D eigenvalue weighted by molar-refractivity contribution is 5.85. The van der Waals surface area contributed by atoms with E-state index >= 15 is 0 Å². The van der Waals surface area contributed by atoms with Crippen LogP contribution in [-0.2, 0) is 0 Å². The highest BCUT2D eigenvalue weighted by Crippen LogP contribution is 2.39. The first-order valence-corrected chi connectivity index (χ1v) is 8.60. The largest absolute Gasteiger partial charge is 0.465 e. The first-order chi connectivity index (χ1) is 11.1. The smallest absolute Gasteiger partial charge is 0.404 e. The maximum Gasteiger partial charge on any atom is 0.404 e. The molecule has 2 saturated carbocycles. The molecule has 4 nitrogen and oxygen atoms in total. The molecule has 132 valence electrons. The van der Waals surface area contributed by atoms with Crippen LogP contribution in [0.25, 0.3) is 6.08 Å². The minimum atomic E-state index is -0.898. The van der Waals surface area contributed by atoms with Crippen molar-refractivity contribution in [1.82, 2.24) is 10.6 Å². The molecule has 2 aliphatic carbocycles. The number of hydrogen-bond acceptors (Lipinski definition) is 2. The molecule has 24 heavy (non-hydrogen) atoms. The maximum atomic E-state index is 10.7. The molecule has 0 aliphatic heterocycles. The zero-order valence-electron chi connectivity index (χ0n) is 14.1. The Morgan fingerprint density at radius 2 is 1.75 bits per heavy atom. The summed E-state index contributed by atoms with van der Waals surface area (Å²) >= 11 is 0. The van der Waals surface area contributed by atoms with Crippen molar-refractivity contribution in [1.29, 1.82) is 0 Å². The van der Waals surface area contributed by atoms with Crippen molar-refractivity contribution >= 4 is 24.6 Å². The van der Waals surface area contributed by atoms with E-state index in [4.69, 9.17) is 5.11 Å². The molecule has 0 aromatic heterocycles. The summed E-state index contributed by atoms with van der Waals surface area (Å²) in [4.78, 5) is 10.7. The summed E-state index contributed by atoms with van der Waals surface area (Å²) < 4.78 is 0. The zero-order chi connectivity index (χ0) is 16.2. The van der Waals surface area contributed by atoms with Crippen LogP contribution in [-0.4, -0.2) is 29.3 Å². The monoisotopic (exact) mass is 350 g/mol. The predicted octanol–water partition coefficient (Wildman–Crippen LogP) is 4.07. The molecule has 0 spiro atoms. The van der Waals surface area contributed by atoms with Gasteiger partial charge < -0.3 is 15.7 Å². The molecule has 2 aliphatic rings. The van der Waals surface area contributed by atoms with Gasteiger partial charge in [0.05, 0.1) is 0 Å². The Balaban J connectivity index is 0.00000208. The van der Waals surface area contributed by atoms with Gasteiger partial charge in [-0.3, -0.25) is 0 Å². The summed E-state index contributed by atoms with van der Waals surface area (Å²) in [5.74, 6) is 0.657. The molecule has 3 N–H and O–H groups in total. The van der Waals surface area contributed by atoms with Crippen molar-refractivity contribution in [2.75, 3.05) is 0 Å². The minimum absolute atomic E-state index is 0. The average molecular weight is 351 g/mol. The topological polar surface area (TPSA) is 61.4 Å². The van der Waals surface area contributed by atoms with Crippen LogP contribution in [0.4, 0.5) is 4.79 Å². The summed E-state index contributed by atoms with van der Waals surface area (Å²) in [6.07, 6.45) is 6.64. The summed E-state index contributed by atoms with van der Waals surface area (Å²) in [5, 5.41) is 15.1. The Hall–Kier alpha value is -1.52. The zero-order valence-corrected chi connectivity index (χ0v) is 14.9. The van der Waals surface area contributed by atoms with Crippen LogP contribution in [0, 0.1) is 5.92 Å². The number of carboxylic acid groups (broad SMARTS) is 1. The standard InChI is InChI=1S/C19H26N2O2.ClH/c1-13(11-14-5-3-2-4-6-14)17-12-18(17)20-15-7-9-16(10-8-15)21-19(22)23;/h2-6,11,15-18,20-21H,7-10,12H2,1H3,(H,22,23);1H/b13-11+;/t15?,16?,17-,18+;/m1./s1. The van der Waals surface area contributed by atoms with Crippen LogP contribution in [0.2, 0.25) is 0 Å². The van der Waals surface area contributed by atoms with Crippen LogP contribution in [0.1, 0.15) is 44.6 Å². The predicted molar refractivity (Wildman–Crippen MR) is 99.6 cm³/mol. The van der Waals surface area contributed by atoms with Crippen molar-refractivity contribution in [3.63, 3.8) is 0 Å². The molecule has 3 rings (SSSR count). The normalized spacial score (nSPS) is 29.5. The van der Waals surface area contributed by atoms with Gasteiger partial charge in [0.1, 0.15) is 0 Å². The molecule has 0 unspecified atom stereocenters. The average Bonchev–Trinajstić information content (AvgIpc) is 3.29. The summed E-state index contributed by atoms with van der Waals surface area (Å²) in [6.45, 7) is 2.23. The molecular formula is C19H27ClN2O2. The van der Waals surface area contributed by atoms with E-state index < -0.39 is 6.09 Å². The molecule has 0 radical (unpaired) electrons. The first kappa shape index (κ1) is 18.8. The van der Waals surface area contributed by atoms with Gasteiger partial charge >= 0.3 is 6.09 Å². The van der Waals surface area contributed by atoms with Crippen LogP contribution in [0.15, 0.2) is 35.9 Å². The lowest BCUT2D eigenvalue weighted by atomic mass is 9.91. The highest BCUT2D eigenvalue weighted by atomic mass is 35.5. The molecule has 1 amide bonds. The lowest BCUT2D eigenvalue weighted by molar-refractivity contribution is 0.183. The summed E-state index contributed by atoms with van der Waals surface area (Å²) in [7, 11) is 0. The Bertz CT molecular complexity index is 568. The number of halogens is 1. The van der Waals surface area contributed by atoms with Crippen molar-refractivity contribution in [3.05, 3.63) is 41.5 Å². The van der Waals surface area contributed by atoms with Gasteiger partial charge in [-0.15, -0.1) is 12.4 Å². The van der Waals surface area contributed by atoms with E-state index in [1.54, 1.807) is 0 Å². The van der Waals surface area contributed by atoms with Crippen molar-refractivity contribution in [3.8, 4) is 0 Å². The molecule has 2 atom stereocenters. The van der Waals surface area contributed by atoms with Gasteiger partial charge in [0.15, 0.2) is 0 Å². The van der Waals surface area contributed by atoms with E-state index in [1.807, 2.05) is 6.07 Å². The first-order valence-electron chi connectivity index (χ1n) is 8.60. The lowest BCUT2D eigenvalue weighted by Gasteiger charge is -2.29. The van der Waals surface area contributed by atoms with Crippen molar-refractivity contribution in [2.45, 2.75) is 57.2 Å². The van der Waals surface area contributed by atoms with Crippen molar-refractivity contribution in [2.24, 2.45) is 5.92 Å². The molecule has 0 heterocycles. The third kappa shape index (κ3) is 5.25. The van der Waals surface area contributed by atoms with E-state index in [0.29, 0.717) is 18.0 Å². The molecular weight excluding hydrogens is 324 g/mol. The van der Waals surface area contributed by atoms with Gasteiger partial charge in [0.2, 0.25) is 0 Å². The Morgan fingerprint density at radius 3 is 2.38 bits per heavy atom. The van der Waals surface area contributed by atoms with Crippen LogP contribution >= 0.6 is 12.4 Å². The van der Waals surface area contributed by atoms with E-state index in [2.05, 4.69) is 47.9 Å². The fraction of sp³-hybridized carbons (Fsp3) is 0.526. The van der Waals surface area contributed by atoms with Gasteiger partial charge in [-0.25, -0.2) is 4.79 Å². The summed E-state index contributed by atoms with van der Waals surface area (Å²) in [5.41, 5.74) is 2.73. The Morgan fingerprint density at radius 1 is 1.12 bits per heavy atom. The molecule has 0 saturated heterocycles. The van der Waals surface area contributed by atoms with Gasteiger partial charge in [-0.05, 0) is 50.5 Å². The second kappa shape index (κ2) is 8.54. The third-order valence-electron chi connectivity index (χ3n) is 5.07. The summed E-state index contributed by atoms with van der Waals surface area (Å²) in [6, 6.07) is 11.8. The number of nitrogens with one attached hydrogen (secondary N) is 2. The van der Waals surface area contributed by atoms with Crippen molar-refractivity contribution < 1.29 is 9.90 Å². The molecule has 1 aromatic carbocycles. The van der Waals surface area contributed by atoms with Gasteiger partial charge in [-0.1, -0.05) is 42.0 Å². The van der Waals surface area contributed by atoms with Crippen LogP contribution in [0.3, 0.4) is 0 Å². The Labute approximate surface area is 150 Å². The second-order valence-corrected chi connectivity index (χ2v) is 6.91. The fourth-order valence-corrected chi connectivity index (χ4v) is 3.68. The van der Waals surface area contributed by atoms with E-state index in [1.165, 1.54) is 17.6 Å². The van der Waals surface area contributed by atoms with E-state index in [0.717, 1.165) is 25.7 Å². The molecule has 5 heteroatoms. The van der Waals surface area contributed by atoms with Gasteiger partial charge in [-0.2, -0.15) is 0 Å². The number of benzene rings is 1. The number of rotatable bonds is 5. The fourth-order valence-electron chi connectivity index (χ4n) is 3.68. The molecule has 2 fully saturated rings. The van der Waals surface area contributed by atoms with Gasteiger partial charge in [0, 0.05) is 18.1 Å². The van der Waals surface area contributed by atoms with Crippen LogP contribution < -0.4 is 10.6 Å².